The Morgan fingerprint density at radius 2 is 1.89 bits per heavy atom. The molecule has 0 radical (unpaired) electrons. The normalized spacial score (nSPS) is 20.1. The number of carbonyl (C=O) groups is 1. The Labute approximate surface area is 170 Å². The predicted molar refractivity (Wildman–Crippen MR) is 111 cm³/mol. The fourth-order valence-electron chi connectivity index (χ4n) is 4.32. The van der Waals surface area contributed by atoms with E-state index in [0.29, 0.717) is 5.75 Å². The van der Waals surface area contributed by atoms with Crippen molar-refractivity contribution in [1.29, 1.82) is 0 Å². The summed E-state index contributed by atoms with van der Waals surface area (Å²) < 4.78 is 5.53. The highest BCUT2D eigenvalue weighted by Crippen LogP contribution is 2.34. The van der Waals surface area contributed by atoms with Crippen LogP contribution in [-0.4, -0.2) is 64.9 Å². The molecular weight excluding hydrogens is 372 g/mol. The molecule has 1 N–H and O–H groups in total. The number of benzene rings is 1. The fraction of sp³-hybridized carbons (Fsp3) is 0.571. The van der Waals surface area contributed by atoms with Crippen LogP contribution in [0, 0.1) is 0 Å². The Balaban J connectivity index is 1.32. The molecule has 0 atom stereocenters. The Kier molecular flexibility index (Phi) is 6.44. The van der Waals surface area contributed by atoms with Gasteiger partial charge in [-0.05, 0) is 25.0 Å². The molecule has 0 spiro atoms. The molecule has 1 amide bonds. The molecular formula is C21H28N4O2S. The highest BCUT2D eigenvalue weighted by Gasteiger charge is 2.38. The molecule has 1 aliphatic carbocycles. The van der Waals surface area contributed by atoms with Crippen molar-refractivity contribution in [1.82, 2.24) is 20.2 Å². The highest BCUT2D eigenvalue weighted by molar-refractivity contribution is 7.99. The Morgan fingerprint density at radius 3 is 2.68 bits per heavy atom. The quantitative estimate of drug-likeness (QED) is 0.752. The average molecular weight is 401 g/mol. The summed E-state index contributed by atoms with van der Waals surface area (Å²) in [6, 6.07) is 7.79. The minimum Gasteiger partial charge on any atom is -0.379 e. The predicted octanol–water partition coefficient (Wildman–Crippen LogP) is 2.87. The van der Waals surface area contributed by atoms with E-state index in [1.165, 1.54) is 31.0 Å². The van der Waals surface area contributed by atoms with Crippen molar-refractivity contribution < 1.29 is 9.53 Å². The van der Waals surface area contributed by atoms with Gasteiger partial charge in [-0.25, -0.2) is 4.98 Å². The second-order valence-electron chi connectivity index (χ2n) is 7.65. The minimum absolute atomic E-state index is 0.0677. The maximum Gasteiger partial charge on any atom is 0.230 e. The van der Waals surface area contributed by atoms with Crippen LogP contribution in [0.5, 0.6) is 0 Å². The van der Waals surface area contributed by atoms with E-state index in [4.69, 9.17) is 4.74 Å². The van der Waals surface area contributed by atoms with Crippen molar-refractivity contribution in [3.63, 3.8) is 0 Å². The molecule has 1 aromatic carbocycles. The molecule has 7 heteroatoms. The lowest BCUT2D eigenvalue weighted by Gasteiger charge is -2.48. The average Bonchev–Trinajstić information content (AvgIpc) is 2.77. The van der Waals surface area contributed by atoms with Gasteiger partial charge in [-0.15, -0.1) is 0 Å². The van der Waals surface area contributed by atoms with Crippen LogP contribution < -0.4 is 5.32 Å². The number of para-hydroxylation sites is 2. The molecule has 1 saturated carbocycles. The van der Waals surface area contributed by atoms with Gasteiger partial charge in [-0.3, -0.25) is 14.7 Å². The summed E-state index contributed by atoms with van der Waals surface area (Å²) in [7, 11) is 0. The van der Waals surface area contributed by atoms with Crippen LogP contribution in [0.15, 0.2) is 35.5 Å². The molecule has 0 bridgehead atoms. The fourth-order valence-corrected chi connectivity index (χ4v) is 4.99. The number of amides is 1. The van der Waals surface area contributed by atoms with Crippen LogP contribution in [0.25, 0.3) is 11.0 Å². The molecule has 2 heterocycles. The number of hydrogen-bond acceptors (Lipinski definition) is 6. The van der Waals surface area contributed by atoms with E-state index in [0.717, 1.165) is 61.7 Å². The number of fused-ring (bicyclic) bond motifs is 1. The summed E-state index contributed by atoms with van der Waals surface area (Å²) in [5.41, 5.74) is 1.84. The van der Waals surface area contributed by atoms with Gasteiger partial charge in [0.05, 0.1) is 36.2 Å². The maximum atomic E-state index is 12.5. The molecule has 1 aliphatic heterocycles. The summed E-state index contributed by atoms with van der Waals surface area (Å²) in [4.78, 5) is 24.1. The zero-order valence-electron chi connectivity index (χ0n) is 16.2. The van der Waals surface area contributed by atoms with Crippen molar-refractivity contribution in [3.05, 3.63) is 30.5 Å². The Bertz CT molecular complexity index is 804. The van der Waals surface area contributed by atoms with Crippen LogP contribution in [0.2, 0.25) is 0 Å². The Hall–Kier alpha value is -1.70. The van der Waals surface area contributed by atoms with Gasteiger partial charge < -0.3 is 10.1 Å². The molecule has 1 aromatic heterocycles. The van der Waals surface area contributed by atoms with Crippen LogP contribution in [0.3, 0.4) is 0 Å². The smallest absolute Gasteiger partial charge is 0.230 e. The first-order chi connectivity index (χ1) is 13.8. The zero-order chi connectivity index (χ0) is 19.2. The first-order valence-corrected chi connectivity index (χ1v) is 11.2. The second-order valence-corrected chi connectivity index (χ2v) is 8.64. The van der Waals surface area contributed by atoms with Crippen LogP contribution in [-0.2, 0) is 9.53 Å². The lowest BCUT2D eigenvalue weighted by Crippen LogP contribution is -2.59. The van der Waals surface area contributed by atoms with Gasteiger partial charge in [0.1, 0.15) is 5.03 Å². The topological polar surface area (TPSA) is 67.4 Å². The van der Waals surface area contributed by atoms with Gasteiger partial charge in [-0.1, -0.05) is 43.2 Å². The summed E-state index contributed by atoms with van der Waals surface area (Å²) in [6.07, 6.45) is 7.86. The van der Waals surface area contributed by atoms with E-state index in [-0.39, 0.29) is 11.4 Å². The number of morpholine rings is 1. The van der Waals surface area contributed by atoms with Gasteiger partial charge in [0.2, 0.25) is 5.91 Å². The number of ether oxygens (including phenoxy) is 1. The van der Waals surface area contributed by atoms with E-state index in [2.05, 4.69) is 20.2 Å². The van der Waals surface area contributed by atoms with Crippen molar-refractivity contribution in [2.24, 2.45) is 0 Å². The number of hydrogen-bond donors (Lipinski definition) is 1. The van der Waals surface area contributed by atoms with Gasteiger partial charge in [0, 0.05) is 25.2 Å². The molecule has 1 saturated heterocycles. The van der Waals surface area contributed by atoms with Crippen molar-refractivity contribution in [2.45, 2.75) is 42.7 Å². The highest BCUT2D eigenvalue weighted by atomic mass is 32.2. The molecule has 0 unspecified atom stereocenters. The molecule has 4 rings (SSSR count). The number of nitrogens with zero attached hydrogens (tertiary/aromatic N) is 3. The molecule has 6 nitrogen and oxygen atoms in total. The third kappa shape index (κ3) is 4.64. The summed E-state index contributed by atoms with van der Waals surface area (Å²) in [6.45, 7) is 4.27. The molecule has 2 fully saturated rings. The van der Waals surface area contributed by atoms with Gasteiger partial charge in [-0.2, -0.15) is 0 Å². The first kappa shape index (κ1) is 19.6. The first-order valence-electron chi connectivity index (χ1n) is 10.2. The number of nitrogens with one attached hydrogen (secondary N) is 1. The standard InChI is InChI=1S/C21H28N4O2S/c26-19(15-28-20-14-22-17-6-2-3-7-18(17)24-20)23-16-21(8-4-1-5-9-21)25-10-12-27-13-11-25/h2-3,6-7,14H,1,4-5,8-13,15-16H2,(H,23,26). The second kappa shape index (κ2) is 9.20. The van der Waals surface area contributed by atoms with Crippen molar-refractivity contribution >= 4 is 28.7 Å². The van der Waals surface area contributed by atoms with E-state index < -0.39 is 0 Å². The summed E-state index contributed by atoms with van der Waals surface area (Å²) in [5, 5.41) is 3.99. The van der Waals surface area contributed by atoms with Crippen LogP contribution in [0.4, 0.5) is 0 Å². The van der Waals surface area contributed by atoms with Crippen molar-refractivity contribution in [3.8, 4) is 0 Å². The van der Waals surface area contributed by atoms with E-state index in [1.807, 2.05) is 24.3 Å². The molecule has 28 heavy (non-hydrogen) atoms. The SMILES string of the molecule is O=C(CSc1cnc2ccccc2n1)NCC1(N2CCOCC2)CCCCC1. The maximum absolute atomic E-state index is 12.5. The number of carbonyl (C=O) groups excluding carboxylic acids is 1. The van der Waals surface area contributed by atoms with E-state index in [9.17, 15) is 4.79 Å². The lowest BCUT2D eigenvalue weighted by atomic mass is 9.79. The third-order valence-electron chi connectivity index (χ3n) is 5.86. The molecule has 2 aromatic rings. The number of aromatic nitrogens is 2. The lowest BCUT2D eigenvalue weighted by molar-refractivity contribution is -0.119. The molecule has 150 valence electrons. The van der Waals surface area contributed by atoms with Crippen LogP contribution >= 0.6 is 11.8 Å². The summed E-state index contributed by atoms with van der Waals surface area (Å²) >= 11 is 1.45. The van der Waals surface area contributed by atoms with E-state index >= 15 is 0 Å². The number of rotatable bonds is 6. The van der Waals surface area contributed by atoms with Gasteiger partial charge in [0.25, 0.3) is 0 Å². The van der Waals surface area contributed by atoms with Crippen molar-refractivity contribution in [2.75, 3.05) is 38.6 Å². The third-order valence-corrected chi connectivity index (χ3v) is 6.76. The molecule has 2 aliphatic rings. The monoisotopic (exact) mass is 400 g/mol. The summed E-state index contributed by atoms with van der Waals surface area (Å²) in [5.74, 6) is 0.435. The van der Waals surface area contributed by atoms with Crippen LogP contribution in [0.1, 0.15) is 32.1 Å². The Morgan fingerprint density at radius 1 is 1.14 bits per heavy atom. The van der Waals surface area contributed by atoms with Gasteiger partial charge in [0.15, 0.2) is 0 Å². The minimum atomic E-state index is 0.0677. The largest absolute Gasteiger partial charge is 0.379 e. The zero-order valence-corrected chi connectivity index (χ0v) is 17.0. The van der Waals surface area contributed by atoms with E-state index in [1.54, 1.807) is 6.20 Å². The number of thioether (sulfide) groups is 1. The van der Waals surface area contributed by atoms with Gasteiger partial charge >= 0.3 is 0 Å².